The maximum atomic E-state index is 11.3. The Balaban J connectivity index is 0. The van der Waals surface area contributed by atoms with Gasteiger partial charge in [-0.2, -0.15) is 0 Å². The highest BCUT2D eigenvalue weighted by atomic mass is 35.5. The number of methoxy groups -OCH3 is 1. The second kappa shape index (κ2) is 7.04. The Morgan fingerprint density at radius 2 is 1.93 bits per heavy atom. The summed E-state index contributed by atoms with van der Waals surface area (Å²) in [4.78, 5) is 11.3. The van der Waals surface area contributed by atoms with E-state index in [0.717, 1.165) is 6.42 Å². The average Bonchev–Trinajstić information content (AvgIpc) is 2.02. The van der Waals surface area contributed by atoms with Crippen LogP contribution in [0.5, 0.6) is 0 Å². The molecule has 0 bridgehead atoms. The zero-order valence-corrected chi connectivity index (χ0v) is 11.0. The summed E-state index contributed by atoms with van der Waals surface area (Å²) in [7, 11) is 1.67. The molecule has 0 saturated carbocycles. The van der Waals surface area contributed by atoms with Gasteiger partial charge in [0.05, 0.1) is 11.6 Å². The number of hydrogen-bond acceptors (Lipinski definition) is 3. The van der Waals surface area contributed by atoms with Gasteiger partial charge in [-0.15, -0.1) is 12.4 Å². The summed E-state index contributed by atoms with van der Waals surface area (Å²) in [6.45, 7) is 7.59. The summed E-state index contributed by atoms with van der Waals surface area (Å²) in [5.41, 5.74) is 5.22. The summed E-state index contributed by atoms with van der Waals surface area (Å²) >= 11 is 0. The maximum Gasteiger partial charge on any atom is 0.236 e. The van der Waals surface area contributed by atoms with Crippen LogP contribution in [0, 0.1) is 0 Å². The van der Waals surface area contributed by atoms with Crippen LogP contribution < -0.4 is 11.1 Å². The van der Waals surface area contributed by atoms with E-state index in [1.54, 1.807) is 14.0 Å². The van der Waals surface area contributed by atoms with Crippen molar-refractivity contribution >= 4 is 18.3 Å². The Labute approximate surface area is 98.3 Å². The minimum atomic E-state index is -0.455. The molecule has 0 radical (unpaired) electrons. The number of hydrogen-bond donors (Lipinski definition) is 2. The van der Waals surface area contributed by atoms with Gasteiger partial charge in [0.2, 0.25) is 5.91 Å². The van der Waals surface area contributed by atoms with Crippen LogP contribution in [0.1, 0.15) is 34.1 Å². The molecular weight excluding hydrogens is 216 g/mol. The van der Waals surface area contributed by atoms with E-state index in [1.807, 2.05) is 20.8 Å². The first kappa shape index (κ1) is 17.1. The van der Waals surface area contributed by atoms with Gasteiger partial charge in [0.1, 0.15) is 0 Å². The van der Waals surface area contributed by atoms with E-state index in [1.165, 1.54) is 0 Å². The molecule has 0 saturated heterocycles. The maximum absolute atomic E-state index is 11.3. The number of halogens is 1. The lowest BCUT2D eigenvalue weighted by Gasteiger charge is -2.27. The predicted octanol–water partition coefficient (Wildman–Crippen LogP) is 1.08. The molecule has 0 aliphatic heterocycles. The summed E-state index contributed by atoms with van der Waals surface area (Å²) in [6, 6.07) is -0.383. The van der Waals surface area contributed by atoms with E-state index in [2.05, 4.69) is 5.32 Å². The van der Waals surface area contributed by atoms with E-state index in [0.29, 0.717) is 0 Å². The minimum Gasteiger partial charge on any atom is -0.379 e. The Morgan fingerprint density at radius 3 is 2.27 bits per heavy atom. The van der Waals surface area contributed by atoms with Crippen molar-refractivity contribution in [1.29, 1.82) is 0 Å². The van der Waals surface area contributed by atoms with Gasteiger partial charge in [-0.3, -0.25) is 4.79 Å². The summed E-state index contributed by atoms with van der Waals surface area (Å²) < 4.78 is 5.27. The van der Waals surface area contributed by atoms with Crippen molar-refractivity contribution in [1.82, 2.24) is 5.32 Å². The number of nitrogens with one attached hydrogen (secondary N) is 1. The number of nitrogens with two attached hydrogens (primary N) is 1. The highest BCUT2D eigenvalue weighted by molar-refractivity contribution is 5.85. The van der Waals surface area contributed by atoms with Crippen LogP contribution in [0.2, 0.25) is 0 Å². The SMILES string of the molecule is COC(C)(C)CC(C)NC(=O)[C@H](C)N.Cl. The Morgan fingerprint density at radius 1 is 1.47 bits per heavy atom. The molecule has 3 N–H and O–H groups in total. The third-order valence-electron chi connectivity index (χ3n) is 2.15. The molecule has 0 aromatic heterocycles. The fourth-order valence-corrected chi connectivity index (χ4v) is 1.25. The molecule has 15 heavy (non-hydrogen) atoms. The minimum absolute atomic E-state index is 0. The quantitative estimate of drug-likeness (QED) is 0.753. The summed E-state index contributed by atoms with van der Waals surface area (Å²) in [5.74, 6) is -0.121. The summed E-state index contributed by atoms with van der Waals surface area (Å²) in [6.07, 6.45) is 0.766. The smallest absolute Gasteiger partial charge is 0.236 e. The molecule has 5 heteroatoms. The molecule has 2 atom stereocenters. The zero-order chi connectivity index (χ0) is 11.4. The third kappa shape index (κ3) is 7.59. The van der Waals surface area contributed by atoms with E-state index < -0.39 is 6.04 Å². The highest BCUT2D eigenvalue weighted by Gasteiger charge is 2.21. The van der Waals surface area contributed by atoms with Crippen LogP contribution in [0.25, 0.3) is 0 Å². The van der Waals surface area contributed by atoms with Crippen molar-refractivity contribution in [3.63, 3.8) is 0 Å². The van der Waals surface area contributed by atoms with Crippen LogP contribution in [0.3, 0.4) is 0 Å². The number of carbonyl (C=O) groups excluding carboxylic acids is 1. The van der Waals surface area contributed by atoms with Crippen LogP contribution >= 0.6 is 12.4 Å². The van der Waals surface area contributed by atoms with Gasteiger partial charge >= 0.3 is 0 Å². The molecule has 0 fully saturated rings. The van der Waals surface area contributed by atoms with Crippen molar-refractivity contribution in [2.45, 2.75) is 51.8 Å². The Kier molecular flexibility index (Phi) is 8.02. The first-order chi connectivity index (χ1) is 6.28. The molecule has 0 spiro atoms. The molecule has 1 amide bonds. The van der Waals surface area contributed by atoms with Crippen molar-refractivity contribution in [2.75, 3.05) is 7.11 Å². The average molecular weight is 239 g/mol. The van der Waals surface area contributed by atoms with Crippen molar-refractivity contribution in [2.24, 2.45) is 5.73 Å². The number of rotatable bonds is 5. The van der Waals surface area contributed by atoms with Gasteiger partial charge in [-0.25, -0.2) is 0 Å². The normalized spacial score (nSPS) is 15.1. The van der Waals surface area contributed by atoms with E-state index in [-0.39, 0.29) is 30.0 Å². The lowest BCUT2D eigenvalue weighted by molar-refractivity contribution is -0.123. The predicted molar refractivity (Wildman–Crippen MR) is 64.2 cm³/mol. The van der Waals surface area contributed by atoms with Crippen molar-refractivity contribution < 1.29 is 9.53 Å². The Bertz CT molecular complexity index is 196. The van der Waals surface area contributed by atoms with Gasteiger partial charge in [-0.05, 0) is 34.1 Å². The number of amides is 1. The number of ether oxygens (including phenoxy) is 1. The molecule has 0 aromatic carbocycles. The lowest BCUT2D eigenvalue weighted by atomic mass is 10.00. The van der Waals surface area contributed by atoms with Gasteiger partial charge < -0.3 is 15.8 Å². The van der Waals surface area contributed by atoms with Crippen molar-refractivity contribution in [3.05, 3.63) is 0 Å². The van der Waals surface area contributed by atoms with Gasteiger partial charge in [0, 0.05) is 13.2 Å². The molecular formula is C10H23ClN2O2. The monoisotopic (exact) mass is 238 g/mol. The largest absolute Gasteiger partial charge is 0.379 e. The van der Waals surface area contributed by atoms with Gasteiger partial charge in [-0.1, -0.05) is 0 Å². The molecule has 0 aliphatic rings. The first-order valence-electron chi connectivity index (χ1n) is 4.89. The van der Waals surface area contributed by atoms with Crippen LogP contribution in [0.15, 0.2) is 0 Å². The molecule has 0 aromatic rings. The fourth-order valence-electron chi connectivity index (χ4n) is 1.25. The fraction of sp³-hybridized carbons (Fsp3) is 0.900. The lowest BCUT2D eigenvalue weighted by Crippen LogP contribution is -2.45. The second-order valence-corrected chi connectivity index (χ2v) is 4.37. The zero-order valence-electron chi connectivity index (χ0n) is 10.2. The van der Waals surface area contributed by atoms with Gasteiger partial charge in [0.15, 0.2) is 0 Å². The molecule has 1 unspecified atom stereocenters. The van der Waals surface area contributed by atoms with E-state index >= 15 is 0 Å². The van der Waals surface area contributed by atoms with E-state index in [9.17, 15) is 4.79 Å². The molecule has 0 rings (SSSR count). The van der Waals surface area contributed by atoms with E-state index in [4.69, 9.17) is 10.5 Å². The van der Waals surface area contributed by atoms with Gasteiger partial charge in [0.25, 0.3) is 0 Å². The summed E-state index contributed by atoms with van der Waals surface area (Å²) in [5, 5.41) is 2.83. The molecule has 0 heterocycles. The molecule has 0 aliphatic carbocycles. The standard InChI is InChI=1S/C10H22N2O2.ClH/c1-7(6-10(3,4)14-5)12-9(13)8(2)11;/h7-8H,6,11H2,1-5H3,(H,12,13);1H/t7?,8-;/m0./s1. The Hall–Kier alpha value is -0.320. The molecule has 92 valence electrons. The number of carbonyl (C=O) groups is 1. The van der Waals surface area contributed by atoms with Crippen molar-refractivity contribution in [3.8, 4) is 0 Å². The second-order valence-electron chi connectivity index (χ2n) is 4.37. The molecule has 4 nitrogen and oxygen atoms in total. The topological polar surface area (TPSA) is 64.3 Å². The first-order valence-corrected chi connectivity index (χ1v) is 4.89. The van der Waals surface area contributed by atoms with Crippen LogP contribution in [0.4, 0.5) is 0 Å². The van der Waals surface area contributed by atoms with Crippen LogP contribution in [-0.4, -0.2) is 30.7 Å². The highest BCUT2D eigenvalue weighted by Crippen LogP contribution is 2.15. The van der Waals surface area contributed by atoms with Crippen LogP contribution in [-0.2, 0) is 9.53 Å². The third-order valence-corrected chi connectivity index (χ3v) is 2.15.